The second-order valence-electron chi connectivity index (χ2n) is 6.74. The van der Waals surface area contributed by atoms with Crippen molar-refractivity contribution in [3.05, 3.63) is 58.4 Å². The number of benzene rings is 2. The molecule has 4 rings (SSSR count). The Hall–Kier alpha value is -2.57. The van der Waals surface area contributed by atoms with E-state index in [0.29, 0.717) is 9.90 Å². The number of carbonyl (C=O) groups excluding carboxylic acids is 2. The zero-order chi connectivity index (χ0) is 19.7. The van der Waals surface area contributed by atoms with E-state index in [-0.39, 0.29) is 11.8 Å². The van der Waals surface area contributed by atoms with Gasteiger partial charge in [-0.25, -0.2) is 0 Å². The van der Waals surface area contributed by atoms with Gasteiger partial charge >= 0.3 is 0 Å². The molecule has 28 heavy (non-hydrogen) atoms. The second kappa shape index (κ2) is 7.81. The van der Waals surface area contributed by atoms with E-state index in [1.165, 1.54) is 11.3 Å². The number of nitrogens with one attached hydrogen (secondary N) is 1. The zero-order valence-electron chi connectivity index (χ0n) is 15.4. The number of fused-ring (bicyclic) bond motifs is 1. The van der Waals surface area contributed by atoms with Gasteiger partial charge in [0.05, 0.1) is 5.02 Å². The highest BCUT2D eigenvalue weighted by atomic mass is 35.5. The highest BCUT2D eigenvalue weighted by molar-refractivity contribution is 7.21. The van der Waals surface area contributed by atoms with Crippen LogP contribution in [0.5, 0.6) is 0 Å². The van der Waals surface area contributed by atoms with Crippen molar-refractivity contribution in [2.75, 3.05) is 36.4 Å². The highest BCUT2D eigenvalue weighted by Crippen LogP contribution is 2.35. The molecule has 1 aromatic heterocycles. The van der Waals surface area contributed by atoms with Crippen molar-refractivity contribution in [3.63, 3.8) is 0 Å². The SMILES string of the molecule is CC(=O)N1CCN(c2ccc(NC(=O)c3sc4ccccc4c3Cl)cc2)CC1. The minimum atomic E-state index is -0.200. The van der Waals surface area contributed by atoms with E-state index in [1.54, 1.807) is 6.92 Å². The molecule has 5 nitrogen and oxygen atoms in total. The molecule has 2 heterocycles. The summed E-state index contributed by atoms with van der Waals surface area (Å²) in [5.41, 5.74) is 1.81. The van der Waals surface area contributed by atoms with Gasteiger partial charge in [-0.05, 0) is 30.3 Å². The molecular formula is C21H20ClN3O2S. The van der Waals surface area contributed by atoms with E-state index in [0.717, 1.165) is 47.6 Å². The molecule has 0 saturated carbocycles. The molecule has 0 atom stereocenters. The van der Waals surface area contributed by atoms with E-state index in [4.69, 9.17) is 11.6 Å². The van der Waals surface area contributed by atoms with Gasteiger partial charge in [0.15, 0.2) is 0 Å². The van der Waals surface area contributed by atoms with Crippen LogP contribution in [0.4, 0.5) is 11.4 Å². The Bertz CT molecular complexity index is 1020. The smallest absolute Gasteiger partial charge is 0.267 e. The molecule has 0 unspecified atom stereocenters. The minimum absolute atomic E-state index is 0.123. The molecule has 0 radical (unpaired) electrons. The Morgan fingerprint density at radius 2 is 1.68 bits per heavy atom. The summed E-state index contributed by atoms with van der Waals surface area (Å²) in [5.74, 6) is -0.0772. The maximum absolute atomic E-state index is 12.7. The number of anilines is 2. The van der Waals surface area contributed by atoms with Crippen LogP contribution in [-0.2, 0) is 4.79 Å². The molecule has 1 aliphatic rings. The molecule has 0 spiro atoms. The molecule has 7 heteroatoms. The number of hydrogen-bond acceptors (Lipinski definition) is 4. The lowest BCUT2D eigenvalue weighted by Gasteiger charge is -2.35. The molecule has 1 saturated heterocycles. The first-order valence-electron chi connectivity index (χ1n) is 9.12. The van der Waals surface area contributed by atoms with Crippen LogP contribution in [0.3, 0.4) is 0 Å². The average molecular weight is 414 g/mol. The number of piperazine rings is 1. The number of nitrogens with zero attached hydrogens (tertiary/aromatic N) is 2. The molecule has 2 amide bonds. The lowest BCUT2D eigenvalue weighted by molar-refractivity contribution is -0.129. The molecule has 1 fully saturated rings. The average Bonchev–Trinajstić information content (AvgIpc) is 3.06. The third kappa shape index (κ3) is 3.70. The summed E-state index contributed by atoms with van der Waals surface area (Å²) in [7, 11) is 0. The fourth-order valence-corrected chi connectivity index (χ4v) is 4.80. The first-order valence-corrected chi connectivity index (χ1v) is 10.3. The molecule has 144 valence electrons. The maximum atomic E-state index is 12.7. The Labute approximate surface area is 172 Å². The van der Waals surface area contributed by atoms with Gasteiger partial charge in [0.2, 0.25) is 5.91 Å². The second-order valence-corrected chi connectivity index (χ2v) is 8.17. The summed E-state index contributed by atoms with van der Waals surface area (Å²) in [6.45, 7) is 4.69. The summed E-state index contributed by atoms with van der Waals surface area (Å²) in [5, 5.41) is 4.33. The van der Waals surface area contributed by atoms with E-state index in [1.807, 2.05) is 53.4 Å². The van der Waals surface area contributed by atoms with E-state index in [9.17, 15) is 9.59 Å². The summed E-state index contributed by atoms with van der Waals surface area (Å²) in [4.78, 5) is 28.7. The predicted octanol–water partition coefficient (Wildman–Crippen LogP) is 4.48. The lowest BCUT2D eigenvalue weighted by Crippen LogP contribution is -2.48. The normalized spacial score (nSPS) is 14.4. The van der Waals surface area contributed by atoms with Gasteiger partial charge in [-0.3, -0.25) is 9.59 Å². The van der Waals surface area contributed by atoms with Crippen LogP contribution < -0.4 is 10.2 Å². The maximum Gasteiger partial charge on any atom is 0.267 e. The monoisotopic (exact) mass is 413 g/mol. The van der Waals surface area contributed by atoms with Gasteiger partial charge in [-0.2, -0.15) is 0 Å². The van der Waals surface area contributed by atoms with Gasteiger partial charge in [-0.15, -0.1) is 11.3 Å². The van der Waals surface area contributed by atoms with Crippen molar-refractivity contribution < 1.29 is 9.59 Å². The molecular weight excluding hydrogens is 394 g/mol. The van der Waals surface area contributed by atoms with Gasteiger partial charge in [0, 0.05) is 54.6 Å². The van der Waals surface area contributed by atoms with Crippen molar-refractivity contribution >= 4 is 56.2 Å². The Morgan fingerprint density at radius 1 is 1.00 bits per heavy atom. The molecule has 3 aromatic rings. The molecule has 1 aliphatic heterocycles. The molecule has 0 bridgehead atoms. The van der Waals surface area contributed by atoms with Crippen molar-refractivity contribution in [3.8, 4) is 0 Å². The van der Waals surface area contributed by atoms with Crippen molar-refractivity contribution in [2.24, 2.45) is 0 Å². The number of halogens is 1. The lowest BCUT2D eigenvalue weighted by atomic mass is 10.2. The number of hydrogen-bond donors (Lipinski definition) is 1. The van der Waals surface area contributed by atoms with Crippen LogP contribution in [0, 0.1) is 0 Å². The van der Waals surface area contributed by atoms with Crippen molar-refractivity contribution in [1.29, 1.82) is 0 Å². The van der Waals surface area contributed by atoms with Crippen LogP contribution in [0.15, 0.2) is 48.5 Å². The van der Waals surface area contributed by atoms with Gasteiger partial charge < -0.3 is 15.1 Å². The van der Waals surface area contributed by atoms with Gasteiger partial charge in [0.1, 0.15) is 4.88 Å². The van der Waals surface area contributed by atoms with Crippen LogP contribution >= 0.6 is 22.9 Å². The van der Waals surface area contributed by atoms with Crippen LogP contribution in [0.1, 0.15) is 16.6 Å². The van der Waals surface area contributed by atoms with E-state index < -0.39 is 0 Å². The summed E-state index contributed by atoms with van der Waals surface area (Å²) < 4.78 is 0.998. The third-order valence-corrected chi connectivity index (χ3v) is 6.63. The topological polar surface area (TPSA) is 52.7 Å². The standard InChI is InChI=1S/C21H20ClN3O2S/c1-14(26)24-10-12-25(13-11-24)16-8-6-15(7-9-16)23-21(27)20-19(22)17-4-2-3-5-18(17)28-20/h2-9H,10-13H2,1H3,(H,23,27). The number of rotatable bonds is 3. The Kier molecular flexibility index (Phi) is 5.24. The highest BCUT2D eigenvalue weighted by Gasteiger charge is 2.19. The number of amides is 2. The number of carbonyl (C=O) groups is 2. The summed E-state index contributed by atoms with van der Waals surface area (Å²) in [6, 6.07) is 15.5. The van der Waals surface area contributed by atoms with Crippen molar-refractivity contribution in [2.45, 2.75) is 6.92 Å². The largest absolute Gasteiger partial charge is 0.368 e. The van der Waals surface area contributed by atoms with Gasteiger partial charge in [-0.1, -0.05) is 29.8 Å². The third-order valence-electron chi connectivity index (χ3n) is 4.96. The fourth-order valence-electron chi connectivity index (χ4n) is 3.38. The van der Waals surface area contributed by atoms with E-state index in [2.05, 4.69) is 10.2 Å². The number of thiophene rings is 1. The van der Waals surface area contributed by atoms with Crippen LogP contribution in [0.2, 0.25) is 5.02 Å². The molecule has 0 aliphatic carbocycles. The first kappa shape index (κ1) is 18.8. The predicted molar refractivity (Wildman–Crippen MR) is 116 cm³/mol. The van der Waals surface area contributed by atoms with Gasteiger partial charge in [0.25, 0.3) is 5.91 Å². The van der Waals surface area contributed by atoms with Crippen molar-refractivity contribution in [1.82, 2.24) is 4.90 Å². The minimum Gasteiger partial charge on any atom is -0.368 e. The Morgan fingerprint density at radius 3 is 2.32 bits per heavy atom. The zero-order valence-corrected chi connectivity index (χ0v) is 17.0. The van der Waals surface area contributed by atoms with Crippen LogP contribution in [-0.4, -0.2) is 42.9 Å². The molecule has 1 N–H and O–H groups in total. The fraction of sp³-hybridized carbons (Fsp3) is 0.238. The quantitative estimate of drug-likeness (QED) is 0.689. The van der Waals surface area contributed by atoms with Crippen LogP contribution in [0.25, 0.3) is 10.1 Å². The Balaban J connectivity index is 1.43. The van der Waals surface area contributed by atoms with E-state index >= 15 is 0 Å². The molecule has 2 aromatic carbocycles. The first-order chi connectivity index (χ1) is 13.5. The summed E-state index contributed by atoms with van der Waals surface area (Å²) in [6.07, 6.45) is 0. The summed E-state index contributed by atoms with van der Waals surface area (Å²) >= 11 is 7.79.